The Morgan fingerprint density at radius 2 is 1.61 bits per heavy atom. The highest BCUT2D eigenvalue weighted by Crippen LogP contribution is 2.38. The Kier molecular flexibility index (Phi) is 4.78. The van der Waals surface area contributed by atoms with Crippen LogP contribution in [0, 0.1) is 10.7 Å². The van der Waals surface area contributed by atoms with Gasteiger partial charge in [0.25, 0.3) is 11.1 Å². The van der Waals surface area contributed by atoms with Crippen molar-refractivity contribution in [3.8, 4) is 5.40 Å². The molecule has 2 aliphatic carbocycles. The summed E-state index contributed by atoms with van der Waals surface area (Å²) in [7, 11) is 0. The largest absolute Gasteiger partial charge is 0.383 e. The smallest absolute Gasteiger partial charge is 0.270 e. The molecule has 0 aromatic carbocycles. The summed E-state index contributed by atoms with van der Waals surface area (Å²) in [6, 6.07) is 0. The predicted molar refractivity (Wildman–Crippen MR) is 107 cm³/mol. The second kappa shape index (κ2) is 7.25. The third-order valence-corrected chi connectivity index (χ3v) is 5.86. The Bertz CT molecular complexity index is 1200. The van der Waals surface area contributed by atoms with Crippen LogP contribution in [0.1, 0.15) is 49.2 Å². The fraction of sp³-hybridized carbons (Fsp3) is 0.375. The number of nitrogens with zero attached hydrogens (tertiary/aromatic N) is 4. The van der Waals surface area contributed by atoms with Gasteiger partial charge in [0.2, 0.25) is 0 Å². The predicted octanol–water partition coefficient (Wildman–Crippen LogP) is 1.64. The second-order valence-electron chi connectivity index (χ2n) is 6.56. The SMILES string of the molecule is N#CSc1c(N)nc(C2CC2)[nH]c1=O.Nc1nc2nc(C3CC3)[nH]c(=O)c2s1. The number of nitrogen functional groups attached to an aromatic ring is 2. The van der Waals surface area contributed by atoms with Gasteiger partial charge in [-0.1, -0.05) is 11.3 Å². The number of anilines is 2. The fourth-order valence-corrected chi connectivity index (χ4v) is 3.66. The summed E-state index contributed by atoms with van der Waals surface area (Å²) >= 11 is 1.92. The molecule has 3 heterocycles. The van der Waals surface area contributed by atoms with Gasteiger partial charge >= 0.3 is 0 Å². The van der Waals surface area contributed by atoms with Gasteiger partial charge in [-0.05, 0) is 37.4 Å². The summed E-state index contributed by atoms with van der Waals surface area (Å²) in [5, 5.41) is 10.6. The van der Waals surface area contributed by atoms with Crippen molar-refractivity contribution in [3.63, 3.8) is 0 Å². The number of aromatic nitrogens is 5. The van der Waals surface area contributed by atoms with Gasteiger partial charge in [-0.2, -0.15) is 5.26 Å². The zero-order chi connectivity index (χ0) is 19.8. The summed E-state index contributed by atoms with van der Waals surface area (Å²) in [6.45, 7) is 0. The van der Waals surface area contributed by atoms with Gasteiger partial charge in [0.05, 0.1) is 0 Å². The molecule has 2 fully saturated rings. The number of H-pyrrole nitrogens is 2. The standard InChI is InChI=1S/2C8H8N4OS/c9-8-12-6-4(14-8)7(13)11-5(10-6)3-1-2-3;9-3-14-5-6(10)11-7(4-1-2-4)12-8(5)13/h3H,1-2H2,(H3,9,10,11,12,13);4H,1-2H2,(H3,10,11,12,13). The highest BCUT2D eigenvalue weighted by atomic mass is 32.2. The summed E-state index contributed by atoms with van der Waals surface area (Å²) < 4.78 is 0.520. The van der Waals surface area contributed by atoms with Crippen LogP contribution in [0.25, 0.3) is 10.3 Å². The van der Waals surface area contributed by atoms with Crippen LogP contribution in [0.5, 0.6) is 0 Å². The van der Waals surface area contributed by atoms with Crippen LogP contribution >= 0.6 is 23.1 Å². The van der Waals surface area contributed by atoms with Crippen LogP contribution in [0.2, 0.25) is 0 Å². The third-order valence-electron chi connectivity index (χ3n) is 4.30. The van der Waals surface area contributed by atoms with E-state index < -0.39 is 0 Å². The molecular weight excluding hydrogens is 400 g/mol. The first-order valence-corrected chi connectivity index (χ1v) is 10.2. The number of fused-ring (bicyclic) bond motifs is 1. The van der Waals surface area contributed by atoms with E-state index in [0.29, 0.717) is 33.1 Å². The number of thiocyanates is 1. The van der Waals surface area contributed by atoms with Crippen LogP contribution in [0.4, 0.5) is 10.9 Å². The zero-order valence-electron chi connectivity index (χ0n) is 14.6. The number of nitrogens with two attached hydrogens (primary N) is 2. The molecule has 0 radical (unpaired) electrons. The van der Waals surface area contributed by atoms with Crippen molar-refractivity contribution in [2.75, 3.05) is 11.5 Å². The van der Waals surface area contributed by atoms with Gasteiger partial charge in [0.15, 0.2) is 10.8 Å². The van der Waals surface area contributed by atoms with Crippen molar-refractivity contribution in [2.24, 2.45) is 0 Å². The lowest BCUT2D eigenvalue weighted by molar-refractivity contribution is 0.888. The van der Waals surface area contributed by atoms with Gasteiger partial charge < -0.3 is 21.4 Å². The van der Waals surface area contributed by atoms with Gasteiger partial charge in [0.1, 0.15) is 32.5 Å². The first-order chi connectivity index (χ1) is 13.5. The van der Waals surface area contributed by atoms with E-state index in [1.165, 1.54) is 11.3 Å². The molecule has 3 aromatic rings. The van der Waals surface area contributed by atoms with E-state index in [0.717, 1.165) is 43.3 Å². The molecule has 2 saturated carbocycles. The maximum atomic E-state index is 11.6. The maximum Gasteiger partial charge on any atom is 0.270 e. The van der Waals surface area contributed by atoms with Crippen molar-refractivity contribution < 1.29 is 0 Å². The van der Waals surface area contributed by atoms with E-state index in [9.17, 15) is 9.59 Å². The van der Waals surface area contributed by atoms with Crippen molar-refractivity contribution in [2.45, 2.75) is 42.4 Å². The highest BCUT2D eigenvalue weighted by molar-refractivity contribution is 8.03. The van der Waals surface area contributed by atoms with Gasteiger partial charge in [-0.3, -0.25) is 9.59 Å². The molecule has 0 atom stereocenters. The monoisotopic (exact) mass is 416 g/mol. The van der Waals surface area contributed by atoms with E-state index in [1.54, 1.807) is 5.40 Å². The topological polar surface area (TPSA) is 180 Å². The minimum Gasteiger partial charge on any atom is -0.383 e. The van der Waals surface area contributed by atoms with Crippen molar-refractivity contribution in [1.82, 2.24) is 24.9 Å². The molecule has 3 aromatic heterocycles. The lowest BCUT2D eigenvalue weighted by atomic mass is 10.4. The molecule has 12 heteroatoms. The molecule has 0 unspecified atom stereocenters. The van der Waals surface area contributed by atoms with Gasteiger partial charge in [-0.25, -0.2) is 15.0 Å². The van der Waals surface area contributed by atoms with Crippen molar-refractivity contribution in [1.29, 1.82) is 5.26 Å². The third kappa shape index (κ3) is 3.85. The molecule has 0 bridgehead atoms. The molecule has 28 heavy (non-hydrogen) atoms. The van der Waals surface area contributed by atoms with E-state index in [1.807, 2.05) is 0 Å². The van der Waals surface area contributed by atoms with E-state index in [-0.39, 0.29) is 21.8 Å². The Balaban J connectivity index is 0.000000137. The zero-order valence-corrected chi connectivity index (χ0v) is 16.2. The number of aromatic amines is 2. The first kappa shape index (κ1) is 18.5. The minimum absolute atomic E-state index is 0.119. The van der Waals surface area contributed by atoms with Crippen LogP contribution in [-0.2, 0) is 0 Å². The van der Waals surface area contributed by atoms with E-state index in [4.69, 9.17) is 16.7 Å². The van der Waals surface area contributed by atoms with Crippen molar-refractivity contribution >= 4 is 44.4 Å². The Hall–Kier alpha value is -2.91. The molecule has 0 spiro atoms. The van der Waals surface area contributed by atoms with E-state index >= 15 is 0 Å². The summed E-state index contributed by atoms with van der Waals surface area (Å²) in [5.41, 5.74) is 11.1. The van der Waals surface area contributed by atoms with Crippen LogP contribution < -0.4 is 22.6 Å². The quantitative estimate of drug-likeness (QED) is 0.364. The number of nitrogens with one attached hydrogen (secondary N) is 2. The summed E-state index contributed by atoms with van der Waals surface area (Å²) in [4.78, 5) is 41.0. The second-order valence-corrected chi connectivity index (χ2v) is 8.39. The lowest BCUT2D eigenvalue weighted by Gasteiger charge is -2.01. The molecule has 5 rings (SSSR count). The molecule has 6 N–H and O–H groups in total. The Morgan fingerprint density at radius 3 is 2.18 bits per heavy atom. The van der Waals surface area contributed by atoms with Crippen molar-refractivity contribution in [3.05, 3.63) is 32.4 Å². The maximum absolute atomic E-state index is 11.6. The molecule has 0 aliphatic heterocycles. The normalized spacial score (nSPS) is 15.7. The average molecular weight is 416 g/mol. The lowest BCUT2D eigenvalue weighted by Crippen LogP contribution is -2.15. The fourth-order valence-electron chi connectivity index (χ4n) is 2.61. The van der Waals surface area contributed by atoms with Crippen LogP contribution in [-0.4, -0.2) is 24.9 Å². The first-order valence-electron chi connectivity index (χ1n) is 8.58. The number of nitriles is 1. The van der Waals surface area contributed by atoms with Gasteiger partial charge in [0, 0.05) is 11.8 Å². The molecule has 10 nitrogen and oxygen atoms in total. The number of hydrogen-bond donors (Lipinski definition) is 4. The minimum atomic E-state index is -0.314. The molecule has 0 saturated heterocycles. The Morgan fingerprint density at radius 1 is 1.00 bits per heavy atom. The Labute approximate surface area is 166 Å². The molecule has 0 amide bonds. The average Bonchev–Trinajstić information content (AvgIpc) is 3.54. The van der Waals surface area contributed by atoms with Gasteiger partial charge in [-0.15, -0.1) is 0 Å². The van der Waals surface area contributed by atoms with E-state index in [2.05, 4.69) is 24.9 Å². The number of rotatable bonds is 3. The molecule has 144 valence electrons. The number of thioether (sulfide) groups is 1. The number of hydrogen-bond acceptors (Lipinski definition) is 10. The van der Waals surface area contributed by atoms with Crippen LogP contribution in [0.3, 0.4) is 0 Å². The van der Waals surface area contributed by atoms with Crippen LogP contribution in [0.15, 0.2) is 14.5 Å². The summed E-state index contributed by atoms with van der Waals surface area (Å²) in [5.74, 6) is 2.34. The number of thiazole rings is 1. The molecule has 2 aliphatic rings. The summed E-state index contributed by atoms with van der Waals surface area (Å²) in [6.07, 6.45) is 4.31. The molecular formula is C16H16N8O2S2. The highest BCUT2D eigenvalue weighted by Gasteiger charge is 2.28.